The number of ether oxygens (including phenoxy) is 2. The summed E-state index contributed by atoms with van der Waals surface area (Å²) in [5.74, 6) is 1.32. The summed E-state index contributed by atoms with van der Waals surface area (Å²) in [6, 6.07) is 27.8. The van der Waals surface area contributed by atoms with E-state index < -0.39 is 0 Å². The molecule has 0 aliphatic rings. The Labute approximate surface area is 193 Å². The Morgan fingerprint density at radius 1 is 0.677 bits per heavy atom. The van der Waals surface area contributed by atoms with E-state index in [0.29, 0.717) is 28.2 Å². The lowest BCUT2D eigenvalue weighted by Crippen LogP contribution is -1.98. The topological polar surface area (TPSA) is 18.5 Å². The molecule has 0 saturated heterocycles. The quantitative estimate of drug-likeness (QED) is 0.295. The molecule has 4 aromatic rings. The Balaban J connectivity index is 1.63. The Kier molecular flexibility index (Phi) is 6.50. The van der Waals surface area contributed by atoms with Gasteiger partial charge in [0.05, 0.1) is 7.11 Å². The highest BCUT2D eigenvalue weighted by Gasteiger charge is 2.14. The molecule has 31 heavy (non-hydrogen) atoms. The summed E-state index contributed by atoms with van der Waals surface area (Å²) in [5.41, 5.74) is 5.98. The van der Waals surface area contributed by atoms with Crippen LogP contribution in [0.25, 0.3) is 22.3 Å². The summed E-state index contributed by atoms with van der Waals surface area (Å²) in [7, 11) is 1.63. The lowest BCUT2D eigenvalue weighted by molar-refractivity contribution is 0.284. The predicted molar refractivity (Wildman–Crippen MR) is 129 cm³/mol. The van der Waals surface area contributed by atoms with Gasteiger partial charge >= 0.3 is 0 Å². The minimum atomic E-state index is 0.467. The molecule has 156 valence electrons. The molecule has 0 aliphatic heterocycles. The fraction of sp³-hybridized carbons (Fsp3) is 0.111. The third-order valence-corrected chi connectivity index (χ3v) is 5.76. The first-order chi connectivity index (χ1) is 15.0. The summed E-state index contributed by atoms with van der Waals surface area (Å²) in [4.78, 5) is 0. The number of aryl methyl sites for hydroxylation is 1. The molecule has 2 nitrogen and oxygen atoms in total. The molecule has 0 atom stereocenters. The van der Waals surface area contributed by atoms with Crippen LogP contribution in [0.2, 0.25) is 10.0 Å². The maximum atomic E-state index is 6.66. The van der Waals surface area contributed by atoms with Gasteiger partial charge in [0, 0.05) is 21.2 Å². The molecular weight excluding hydrogens is 427 g/mol. The first-order valence-electron chi connectivity index (χ1n) is 9.96. The molecule has 0 spiro atoms. The standard InChI is InChI=1S/C27H22Cl2O2/c1-18-8-10-20(11-9-18)22-15-25(29)23(16-24(22)28)21-12-13-26(27(14-21)30-2)31-17-19-6-4-3-5-7-19/h3-16H,17H2,1-2H3. The number of benzene rings is 4. The van der Waals surface area contributed by atoms with Gasteiger partial charge in [0.2, 0.25) is 0 Å². The highest BCUT2D eigenvalue weighted by atomic mass is 35.5. The van der Waals surface area contributed by atoms with Crippen LogP contribution in [0.15, 0.2) is 84.9 Å². The molecule has 0 amide bonds. The third-order valence-electron chi connectivity index (χ3n) is 5.13. The van der Waals surface area contributed by atoms with E-state index in [2.05, 4.69) is 31.2 Å². The van der Waals surface area contributed by atoms with Gasteiger partial charge in [-0.3, -0.25) is 0 Å². The van der Waals surface area contributed by atoms with Crippen LogP contribution in [0.1, 0.15) is 11.1 Å². The van der Waals surface area contributed by atoms with Crippen molar-refractivity contribution >= 4 is 23.2 Å². The molecule has 4 rings (SSSR count). The maximum absolute atomic E-state index is 6.66. The molecule has 0 fully saturated rings. The van der Waals surface area contributed by atoms with Crippen molar-refractivity contribution in [2.45, 2.75) is 13.5 Å². The van der Waals surface area contributed by atoms with E-state index in [1.807, 2.05) is 60.7 Å². The van der Waals surface area contributed by atoms with Crippen molar-refractivity contribution in [2.75, 3.05) is 7.11 Å². The van der Waals surface area contributed by atoms with Crippen molar-refractivity contribution < 1.29 is 9.47 Å². The van der Waals surface area contributed by atoms with Gasteiger partial charge in [-0.05, 0) is 47.9 Å². The van der Waals surface area contributed by atoms with Crippen LogP contribution in [0.5, 0.6) is 11.5 Å². The van der Waals surface area contributed by atoms with Gasteiger partial charge in [0.15, 0.2) is 11.5 Å². The molecule has 0 heterocycles. The molecule has 0 saturated carbocycles. The number of rotatable bonds is 6. The van der Waals surface area contributed by atoms with Gasteiger partial charge in [-0.1, -0.05) is 89.4 Å². The molecule has 0 aliphatic carbocycles. The lowest BCUT2D eigenvalue weighted by atomic mass is 9.99. The van der Waals surface area contributed by atoms with Gasteiger partial charge in [-0.2, -0.15) is 0 Å². The van der Waals surface area contributed by atoms with Crippen molar-refractivity contribution in [3.8, 4) is 33.8 Å². The Morgan fingerprint density at radius 2 is 1.29 bits per heavy atom. The summed E-state index contributed by atoms with van der Waals surface area (Å²) < 4.78 is 11.5. The van der Waals surface area contributed by atoms with Crippen molar-refractivity contribution in [2.24, 2.45) is 0 Å². The average molecular weight is 449 g/mol. The second kappa shape index (κ2) is 9.47. The SMILES string of the molecule is COc1cc(-c2cc(Cl)c(-c3ccc(C)cc3)cc2Cl)ccc1OCc1ccccc1. The number of methoxy groups -OCH3 is 1. The fourth-order valence-corrected chi connectivity index (χ4v) is 3.96. The molecule has 0 bridgehead atoms. The molecule has 0 N–H and O–H groups in total. The van der Waals surface area contributed by atoms with Crippen LogP contribution < -0.4 is 9.47 Å². The number of hydrogen-bond donors (Lipinski definition) is 0. The van der Waals surface area contributed by atoms with E-state index >= 15 is 0 Å². The number of halogens is 2. The Hall–Kier alpha value is -2.94. The van der Waals surface area contributed by atoms with Crippen LogP contribution in [-0.2, 0) is 6.61 Å². The second-order valence-corrected chi connectivity index (χ2v) is 8.13. The lowest BCUT2D eigenvalue weighted by Gasteiger charge is -2.14. The van der Waals surface area contributed by atoms with Crippen molar-refractivity contribution in [1.82, 2.24) is 0 Å². The second-order valence-electron chi connectivity index (χ2n) is 7.32. The largest absolute Gasteiger partial charge is 0.493 e. The van der Waals surface area contributed by atoms with Gasteiger partial charge in [-0.25, -0.2) is 0 Å². The van der Waals surface area contributed by atoms with Crippen LogP contribution in [0, 0.1) is 6.92 Å². The zero-order valence-corrected chi connectivity index (χ0v) is 18.9. The van der Waals surface area contributed by atoms with Gasteiger partial charge in [0.25, 0.3) is 0 Å². The number of hydrogen-bond acceptors (Lipinski definition) is 2. The van der Waals surface area contributed by atoms with Crippen molar-refractivity contribution in [3.63, 3.8) is 0 Å². The highest BCUT2D eigenvalue weighted by molar-refractivity contribution is 6.37. The molecular formula is C27H22Cl2O2. The Morgan fingerprint density at radius 3 is 1.94 bits per heavy atom. The van der Waals surface area contributed by atoms with Crippen molar-refractivity contribution in [1.29, 1.82) is 0 Å². The molecule has 4 aromatic carbocycles. The minimum absolute atomic E-state index is 0.467. The first-order valence-corrected chi connectivity index (χ1v) is 10.7. The van der Waals surface area contributed by atoms with Crippen LogP contribution in [0.4, 0.5) is 0 Å². The summed E-state index contributed by atoms with van der Waals surface area (Å²) in [5, 5.41) is 1.27. The third kappa shape index (κ3) is 4.87. The van der Waals surface area contributed by atoms with E-state index in [9.17, 15) is 0 Å². The van der Waals surface area contributed by atoms with E-state index in [-0.39, 0.29) is 0 Å². The molecule has 0 unspecified atom stereocenters. The van der Waals surface area contributed by atoms with E-state index in [1.165, 1.54) is 5.56 Å². The maximum Gasteiger partial charge on any atom is 0.161 e. The van der Waals surface area contributed by atoms with Gasteiger partial charge < -0.3 is 9.47 Å². The molecule has 0 aromatic heterocycles. The van der Waals surface area contributed by atoms with E-state index in [0.717, 1.165) is 27.8 Å². The fourth-order valence-electron chi connectivity index (χ4n) is 3.41. The normalized spacial score (nSPS) is 10.7. The smallest absolute Gasteiger partial charge is 0.161 e. The molecule has 4 heteroatoms. The van der Waals surface area contributed by atoms with Crippen LogP contribution in [-0.4, -0.2) is 7.11 Å². The van der Waals surface area contributed by atoms with Gasteiger partial charge in [0.1, 0.15) is 6.61 Å². The van der Waals surface area contributed by atoms with E-state index in [1.54, 1.807) is 7.11 Å². The van der Waals surface area contributed by atoms with Crippen molar-refractivity contribution in [3.05, 3.63) is 106 Å². The zero-order chi connectivity index (χ0) is 21.8. The zero-order valence-electron chi connectivity index (χ0n) is 17.4. The summed E-state index contributed by atoms with van der Waals surface area (Å²) in [6.45, 7) is 2.52. The highest BCUT2D eigenvalue weighted by Crippen LogP contribution is 2.40. The monoisotopic (exact) mass is 448 g/mol. The van der Waals surface area contributed by atoms with Crippen LogP contribution >= 0.6 is 23.2 Å². The molecule has 0 radical (unpaired) electrons. The predicted octanol–water partition coefficient (Wildman–Crippen LogP) is 8.22. The van der Waals surface area contributed by atoms with Crippen LogP contribution in [0.3, 0.4) is 0 Å². The minimum Gasteiger partial charge on any atom is -0.493 e. The van der Waals surface area contributed by atoms with Gasteiger partial charge in [-0.15, -0.1) is 0 Å². The summed E-state index contributed by atoms with van der Waals surface area (Å²) in [6.07, 6.45) is 0. The first kappa shape index (κ1) is 21.3. The van der Waals surface area contributed by atoms with E-state index in [4.69, 9.17) is 32.7 Å². The average Bonchev–Trinajstić information content (AvgIpc) is 2.80. The summed E-state index contributed by atoms with van der Waals surface area (Å²) >= 11 is 13.3. The Bertz CT molecular complexity index is 1190.